The first-order chi connectivity index (χ1) is 8.40. The molecule has 0 atom stereocenters. The van der Waals surface area contributed by atoms with Crippen molar-refractivity contribution >= 4 is 27.1 Å². The molecule has 0 amide bonds. The van der Waals surface area contributed by atoms with E-state index in [1.165, 1.54) is 12.1 Å². The molecule has 18 heavy (non-hydrogen) atoms. The Kier molecular flexibility index (Phi) is 5.44. The van der Waals surface area contributed by atoms with Crippen LogP contribution in [0.25, 0.3) is 0 Å². The largest absolute Gasteiger partial charge is 0.399 e. The third-order valence-corrected chi connectivity index (χ3v) is 5.03. The normalized spacial score (nSPS) is 12.0. The Hall–Kier alpha value is -0.780. The third kappa shape index (κ3) is 3.86. The zero-order valence-corrected chi connectivity index (χ0v) is 12.3. The molecule has 1 rings (SSSR count). The second-order valence-electron chi connectivity index (χ2n) is 4.04. The van der Waals surface area contributed by atoms with Crippen molar-refractivity contribution < 1.29 is 8.42 Å². The first kappa shape index (κ1) is 15.3. The summed E-state index contributed by atoms with van der Waals surface area (Å²) in [5.41, 5.74) is 6.00. The molecule has 0 unspecified atom stereocenters. The molecular formula is C12H19ClN2O2S. The number of hydrogen-bond acceptors (Lipinski definition) is 4. The van der Waals surface area contributed by atoms with Crippen molar-refractivity contribution in [3.63, 3.8) is 0 Å². The van der Waals surface area contributed by atoms with Gasteiger partial charge in [-0.15, -0.1) is 0 Å². The summed E-state index contributed by atoms with van der Waals surface area (Å²) in [4.78, 5) is 2.17. The van der Waals surface area contributed by atoms with E-state index in [4.69, 9.17) is 17.3 Å². The molecule has 0 heterocycles. The topological polar surface area (TPSA) is 63.4 Å². The Balaban J connectivity index is 2.89. The number of rotatable bonds is 6. The second-order valence-corrected chi connectivity index (χ2v) is 6.52. The minimum Gasteiger partial charge on any atom is -0.399 e. The van der Waals surface area contributed by atoms with Crippen LogP contribution in [0.4, 0.5) is 5.69 Å². The molecule has 0 aliphatic heterocycles. The van der Waals surface area contributed by atoms with Gasteiger partial charge < -0.3 is 10.6 Å². The van der Waals surface area contributed by atoms with Crippen LogP contribution in [0.3, 0.4) is 0 Å². The van der Waals surface area contributed by atoms with Crippen LogP contribution in [-0.4, -0.2) is 38.7 Å². The third-order valence-electron chi connectivity index (χ3n) is 2.86. The fourth-order valence-corrected chi connectivity index (χ4v) is 3.53. The Labute approximate surface area is 114 Å². The van der Waals surface area contributed by atoms with Gasteiger partial charge in [0, 0.05) is 12.2 Å². The quantitative estimate of drug-likeness (QED) is 0.814. The second kappa shape index (κ2) is 6.41. The van der Waals surface area contributed by atoms with Gasteiger partial charge in [-0.25, -0.2) is 8.42 Å². The molecule has 0 saturated heterocycles. The number of benzene rings is 1. The van der Waals surface area contributed by atoms with Crippen LogP contribution >= 0.6 is 11.6 Å². The molecule has 0 aromatic heterocycles. The molecule has 4 nitrogen and oxygen atoms in total. The van der Waals surface area contributed by atoms with Crippen molar-refractivity contribution in [2.45, 2.75) is 18.7 Å². The predicted octanol–water partition coefficient (Wildman–Crippen LogP) is 2.04. The van der Waals surface area contributed by atoms with Crippen LogP contribution in [0.15, 0.2) is 23.1 Å². The highest BCUT2D eigenvalue weighted by Gasteiger charge is 2.19. The molecular weight excluding hydrogens is 272 g/mol. The molecule has 2 N–H and O–H groups in total. The van der Waals surface area contributed by atoms with Gasteiger partial charge in [-0.3, -0.25) is 0 Å². The summed E-state index contributed by atoms with van der Waals surface area (Å²) in [6.07, 6.45) is 0. The van der Waals surface area contributed by atoms with Crippen molar-refractivity contribution in [1.29, 1.82) is 0 Å². The standard InChI is InChI=1S/C12H19ClN2O2S/c1-3-15(4-2)7-8-18(16,17)12-9-10(14)5-6-11(12)13/h5-6,9H,3-4,7-8,14H2,1-2H3. The van der Waals surface area contributed by atoms with Gasteiger partial charge in [0.15, 0.2) is 9.84 Å². The van der Waals surface area contributed by atoms with Crippen molar-refractivity contribution in [2.24, 2.45) is 0 Å². The van der Waals surface area contributed by atoms with Gasteiger partial charge in [-0.1, -0.05) is 25.4 Å². The average Bonchev–Trinajstić information content (AvgIpc) is 2.33. The maximum Gasteiger partial charge on any atom is 0.181 e. The van der Waals surface area contributed by atoms with Crippen LogP contribution in [0.1, 0.15) is 13.8 Å². The summed E-state index contributed by atoms with van der Waals surface area (Å²) in [6.45, 7) is 6.17. The molecule has 0 aliphatic rings. The van der Waals surface area contributed by atoms with Crippen molar-refractivity contribution in [3.8, 4) is 0 Å². The molecule has 102 valence electrons. The van der Waals surface area contributed by atoms with E-state index in [-0.39, 0.29) is 15.7 Å². The maximum absolute atomic E-state index is 12.2. The van der Waals surface area contributed by atoms with Crippen molar-refractivity contribution in [2.75, 3.05) is 31.1 Å². The SMILES string of the molecule is CCN(CC)CCS(=O)(=O)c1cc(N)ccc1Cl. The van der Waals surface area contributed by atoms with E-state index < -0.39 is 9.84 Å². The zero-order valence-electron chi connectivity index (χ0n) is 10.7. The van der Waals surface area contributed by atoms with Crippen LogP contribution in [0.2, 0.25) is 5.02 Å². The van der Waals surface area contributed by atoms with E-state index >= 15 is 0 Å². The molecule has 0 radical (unpaired) electrons. The van der Waals surface area contributed by atoms with E-state index in [1.54, 1.807) is 6.07 Å². The van der Waals surface area contributed by atoms with E-state index in [0.717, 1.165) is 13.1 Å². The summed E-state index contributed by atoms with van der Waals surface area (Å²) in [6, 6.07) is 4.52. The lowest BCUT2D eigenvalue weighted by Crippen LogP contribution is -2.29. The van der Waals surface area contributed by atoms with E-state index in [0.29, 0.717) is 12.2 Å². The number of nitrogens with two attached hydrogens (primary N) is 1. The van der Waals surface area contributed by atoms with Gasteiger partial charge in [0.05, 0.1) is 15.7 Å². The minimum atomic E-state index is -3.38. The highest BCUT2D eigenvalue weighted by Crippen LogP contribution is 2.24. The molecule has 0 bridgehead atoms. The zero-order chi connectivity index (χ0) is 13.8. The van der Waals surface area contributed by atoms with Gasteiger partial charge in [-0.05, 0) is 31.3 Å². The predicted molar refractivity (Wildman–Crippen MR) is 75.7 cm³/mol. The van der Waals surface area contributed by atoms with Gasteiger partial charge in [-0.2, -0.15) is 0 Å². The summed E-state index contributed by atoms with van der Waals surface area (Å²) in [7, 11) is -3.38. The van der Waals surface area contributed by atoms with E-state index in [2.05, 4.69) is 4.90 Å². The molecule has 0 fully saturated rings. The van der Waals surface area contributed by atoms with Crippen LogP contribution < -0.4 is 5.73 Å². The van der Waals surface area contributed by atoms with Gasteiger partial charge in [0.1, 0.15) is 0 Å². The number of anilines is 1. The van der Waals surface area contributed by atoms with Crippen molar-refractivity contribution in [1.82, 2.24) is 4.90 Å². The Morgan fingerprint density at radius 2 is 1.89 bits per heavy atom. The number of nitrogen functional groups attached to an aromatic ring is 1. The monoisotopic (exact) mass is 290 g/mol. The van der Waals surface area contributed by atoms with E-state index in [1.807, 2.05) is 13.8 Å². The number of sulfone groups is 1. The lowest BCUT2D eigenvalue weighted by molar-refractivity contribution is 0.321. The smallest absolute Gasteiger partial charge is 0.181 e. The summed E-state index contributed by atoms with van der Waals surface area (Å²) >= 11 is 5.92. The highest BCUT2D eigenvalue weighted by atomic mass is 35.5. The number of halogens is 1. The lowest BCUT2D eigenvalue weighted by atomic mass is 10.3. The van der Waals surface area contributed by atoms with Crippen molar-refractivity contribution in [3.05, 3.63) is 23.2 Å². The summed E-state index contributed by atoms with van der Waals surface area (Å²) in [5.74, 6) is 0.0534. The van der Waals surface area contributed by atoms with Crippen LogP contribution in [0.5, 0.6) is 0 Å². The van der Waals surface area contributed by atoms with Crippen LogP contribution in [0, 0.1) is 0 Å². The van der Waals surface area contributed by atoms with Gasteiger partial charge in [0.25, 0.3) is 0 Å². The highest BCUT2D eigenvalue weighted by molar-refractivity contribution is 7.91. The Bertz CT molecular complexity index is 499. The van der Waals surface area contributed by atoms with Crippen LogP contribution in [-0.2, 0) is 9.84 Å². The van der Waals surface area contributed by atoms with Gasteiger partial charge in [0.2, 0.25) is 0 Å². The van der Waals surface area contributed by atoms with Gasteiger partial charge >= 0.3 is 0 Å². The minimum absolute atomic E-state index is 0.0534. The average molecular weight is 291 g/mol. The first-order valence-corrected chi connectivity index (χ1v) is 7.93. The lowest BCUT2D eigenvalue weighted by Gasteiger charge is -2.18. The Morgan fingerprint density at radius 1 is 1.28 bits per heavy atom. The number of hydrogen-bond donors (Lipinski definition) is 1. The molecule has 6 heteroatoms. The summed E-state index contributed by atoms with van der Waals surface area (Å²) in [5, 5.41) is 0.226. The molecule has 0 spiro atoms. The summed E-state index contributed by atoms with van der Waals surface area (Å²) < 4.78 is 24.3. The molecule has 0 aliphatic carbocycles. The molecule has 1 aromatic rings. The maximum atomic E-state index is 12.2. The fraction of sp³-hybridized carbons (Fsp3) is 0.500. The fourth-order valence-electron chi connectivity index (χ4n) is 1.66. The molecule has 1 aromatic carbocycles. The molecule has 0 saturated carbocycles. The van der Waals surface area contributed by atoms with E-state index in [9.17, 15) is 8.42 Å². The number of nitrogens with zero attached hydrogens (tertiary/aromatic N) is 1. The first-order valence-electron chi connectivity index (χ1n) is 5.90. The Morgan fingerprint density at radius 3 is 2.44 bits per heavy atom.